The van der Waals surface area contributed by atoms with Crippen molar-refractivity contribution in [3.05, 3.63) is 16.1 Å². The Morgan fingerprint density at radius 2 is 2.30 bits per heavy atom. The smallest absolute Gasteiger partial charge is 0.315 e. The second kappa shape index (κ2) is 7.59. The van der Waals surface area contributed by atoms with Gasteiger partial charge in [0.05, 0.1) is 17.2 Å². The Morgan fingerprint density at radius 1 is 1.50 bits per heavy atom. The molecule has 0 radical (unpaired) electrons. The summed E-state index contributed by atoms with van der Waals surface area (Å²) in [5.74, 6) is 0. The van der Waals surface area contributed by atoms with Crippen molar-refractivity contribution in [3.63, 3.8) is 0 Å². The third-order valence-corrected chi connectivity index (χ3v) is 4.82. The molecule has 1 fully saturated rings. The van der Waals surface area contributed by atoms with Crippen molar-refractivity contribution in [3.8, 4) is 0 Å². The van der Waals surface area contributed by atoms with Crippen LogP contribution in [-0.4, -0.2) is 34.8 Å². The minimum Gasteiger partial charge on any atom is -0.391 e. The predicted molar refractivity (Wildman–Crippen MR) is 80.0 cm³/mol. The number of carbonyl (C=O) groups excluding carboxylic acids is 1. The van der Waals surface area contributed by atoms with E-state index < -0.39 is 6.10 Å². The summed E-state index contributed by atoms with van der Waals surface area (Å²) in [7, 11) is 0. The van der Waals surface area contributed by atoms with Crippen LogP contribution < -0.4 is 10.6 Å². The molecule has 0 aromatic carbocycles. The molecule has 0 bridgehead atoms. The number of hydrogen-bond acceptors (Lipinski definition) is 4. The maximum absolute atomic E-state index is 11.8. The molecule has 112 valence electrons. The van der Waals surface area contributed by atoms with Crippen molar-refractivity contribution >= 4 is 17.4 Å². The van der Waals surface area contributed by atoms with Gasteiger partial charge in [0.2, 0.25) is 0 Å². The molecule has 2 rings (SSSR count). The summed E-state index contributed by atoms with van der Waals surface area (Å²) in [5, 5.41) is 16.5. The van der Waals surface area contributed by atoms with Crippen molar-refractivity contribution in [2.75, 3.05) is 6.54 Å². The summed E-state index contributed by atoms with van der Waals surface area (Å²) < 4.78 is 0. The summed E-state index contributed by atoms with van der Waals surface area (Å²) in [6, 6.07) is -0.293. The molecule has 1 aliphatic rings. The highest BCUT2D eigenvalue weighted by Gasteiger charge is 2.24. The van der Waals surface area contributed by atoms with Gasteiger partial charge < -0.3 is 15.7 Å². The molecule has 1 aromatic heterocycles. The second-order valence-electron chi connectivity index (χ2n) is 5.18. The molecule has 2 atom stereocenters. The van der Waals surface area contributed by atoms with Gasteiger partial charge in [-0.25, -0.2) is 9.78 Å². The van der Waals surface area contributed by atoms with E-state index in [4.69, 9.17) is 0 Å². The van der Waals surface area contributed by atoms with Crippen LogP contribution in [0.25, 0.3) is 0 Å². The van der Waals surface area contributed by atoms with E-state index >= 15 is 0 Å². The maximum atomic E-state index is 11.8. The minimum absolute atomic E-state index is 0.102. The zero-order valence-electron chi connectivity index (χ0n) is 11.9. The van der Waals surface area contributed by atoms with Gasteiger partial charge in [-0.15, -0.1) is 11.3 Å². The first kappa shape index (κ1) is 15.3. The van der Waals surface area contributed by atoms with Gasteiger partial charge in [0.15, 0.2) is 0 Å². The molecule has 1 aromatic rings. The molecule has 0 unspecified atom stereocenters. The minimum atomic E-state index is -0.402. The van der Waals surface area contributed by atoms with Crippen LogP contribution >= 0.6 is 11.3 Å². The molecule has 1 heterocycles. The highest BCUT2D eigenvalue weighted by molar-refractivity contribution is 7.11. The maximum Gasteiger partial charge on any atom is 0.315 e. The van der Waals surface area contributed by atoms with Crippen molar-refractivity contribution < 1.29 is 9.90 Å². The molecule has 6 heteroatoms. The normalized spacial score (nSPS) is 22.5. The number of amides is 2. The predicted octanol–water partition coefficient (Wildman–Crippen LogP) is 1.85. The number of carbonyl (C=O) groups is 1. The number of aliphatic hydroxyl groups excluding tert-OH is 1. The van der Waals surface area contributed by atoms with E-state index in [0.29, 0.717) is 6.54 Å². The van der Waals surface area contributed by atoms with Gasteiger partial charge in [0.1, 0.15) is 0 Å². The summed E-state index contributed by atoms with van der Waals surface area (Å²) in [5.41, 5.74) is 0. The van der Waals surface area contributed by atoms with Gasteiger partial charge in [-0.1, -0.05) is 19.8 Å². The molecule has 1 saturated carbocycles. The monoisotopic (exact) mass is 297 g/mol. The number of aryl methyl sites for hydroxylation is 1. The van der Waals surface area contributed by atoms with E-state index in [-0.39, 0.29) is 12.1 Å². The fourth-order valence-electron chi connectivity index (χ4n) is 2.41. The number of aromatic nitrogens is 1. The molecule has 3 N–H and O–H groups in total. The second-order valence-corrected chi connectivity index (χ2v) is 6.38. The Kier molecular flexibility index (Phi) is 5.79. The molecule has 0 spiro atoms. The molecule has 20 heavy (non-hydrogen) atoms. The Balaban J connectivity index is 1.67. The summed E-state index contributed by atoms with van der Waals surface area (Å²) in [6.07, 6.45) is 7.02. The average molecular weight is 297 g/mol. The molecule has 0 saturated heterocycles. The Labute approximate surface area is 123 Å². The van der Waals surface area contributed by atoms with Gasteiger partial charge in [-0.3, -0.25) is 0 Å². The first-order valence-electron chi connectivity index (χ1n) is 7.35. The van der Waals surface area contributed by atoms with Gasteiger partial charge in [0.25, 0.3) is 0 Å². The Hall–Kier alpha value is -1.14. The van der Waals surface area contributed by atoms with E-state index in [2.05, 4.69) is 22.5 Å². The van der Waals surface area contributed by atoms with Crippen LogP contribution in [0.2, 0.25) is 0 Å². The van der Waals surface area contributed by atoms with Crippen LogP contribution in [0.3, 0.4) is 0 Å². The molecule has 2 amide bonds. The van der Waals surface area contributed by atoms with Crippen molar-refractivity contribution in [2.24, 2.45) is 0 Å². The largest absolute Gasteiger partial charge is 0.391 e. The van der Waals surface area contributed by atoms with E-state index in [1.54, 1.807) is 11.3 Å². The van der Waals surface area contributed by atoms with Gasteiger partial charge in [0, 0.05) is 24.0 Å². The van der Waals surface area contributed by atoms with Crippen molar-refractivity contribution in [1.82, 2.24) is 15.6 Å². The van der Waals surface area contributed by atoms with Crippen LogP contribution in [0.15, 0.2) is 6.20 Å². The number of rotatable bonds is 5. The number of aliphatic hydroxyl groups is 1. The lowest BCUT2D eigenvalue weighted by atomic mass is 9.93. The third-order valence-electron chi connectivity index (χ3n) is 3.62. The lowest BCUT2D eigenvalue weighted by Crippen LogP contribution is -2.49. The van der Waals surface area contributed by atoms with Crippen molar-refractivity contribution in [2.45, 2.75) is 57.6 Å². The first-order chi connectivity index (χ1) is 9.69. The van der Waals surface area contributed by atoms with Gasteiger partial charge >= 0.3 is 6.03 Å². The summed E-state index contributed by atoms with van der Waals surface area (Å²) in [4.78, 5) is 17.3. The molecule has 5 nitrogen and oxygen atoms in total. The van der Waals surface area contributed by atoms with Gasteiger partial charge in [-0.05, 0) is 19.3 Å². The third kappa shape index (κ3) is 4.45. The number of nitrogens with zero attached hydrogens (tertiary/aromatic N) is 1. The summed E-state index contributed by atoms with van der Waals surface area (Å²) in [6.45, 7) is 2.68. The quantitative estimate of drug-likeness (QED) is 0.776. The fourth-order valence-corrected chi connectivity index (χ4v) is 3.27. The van der Waals surface area contributed by atoms with Crippen LogP contribution in [0, 0.1) is 0 Å². The van der Waals surface area contributed by atoms with E-state index in [0.717, 1.165) is 43.5 Å². The lowest BCUT2D eigenvalue weighted by Gasteiger charge is -2.28. The van der Waals surface area contributed by atoms with E-state index in [1.165, 1.54) is 4.88 Å². The number of thiazole rings is 1. The zero-order chi connectivity index (χ0) is 14.4. The highest BCUT2D eigenvalue weighted by atomic mass is 32.1. The summed E-state index contributed by atoms with van der Waals surface area (Å²) >= 11 is 1.70. The number of hydrogen-bond donors (Lipinski definition) is 3. The molecule has 0 aliphatic heterocycles. The average Bonchev–Trinajstić information content (AvgIpc) is 2.89. The van der Waals surface area contributed by atoms with Crippen LogP contribution in [0.5, 0.6) is 0 Å². The van der Waals surface area contributed by atoms with Crippen LogP contribution in [0.1, 0.15) is 42.5 Å². The lowest BCUT2D eigenvalue weighted by molar-refractivity contribution is 0.0943. The SMILES string of the molecule is CCc1cnc(CCNC(=O)N[C@H]2CCCC[C@@H]2O)s1. The first-order valence-corrected chi connectivity index (χ1v) is 8.16. The topological polar surface area (TPSA) is 74.2 Å². The molecular formula is C14H23N3O2S. The highest BCUT2D eigenvalue weighted by Crippen LogP contribution is 2.18. The van der Waals surface area contributed by atoms with Gasteiger partial charge in [-0.2, -0.15) is 0 Å². The Bertz CT molecular complexity index is 436. The van der Waals surface area contributed by atoms with E-state index in [1.807, 2.05) is 6.20 Å². The van der Waals surface area contributed by atoms with E-state index in [9.17, 15) is 9.90 Å². The standard InChI is InChI=1S/C14H23N3O2S/c1-2-10-9-16-13(20-10)7-8-15-14(19)17-11-5-3-4-6-12(11)18/h9,11-12,18H,2-8H2,1H3,(H2,15,17,19)/t11-,12-/m0/s1. The van der Waals surface area contributed by atoms with Crippen LogP contribution in [-0.2, 0) is 12.8 Å². The van der Waals surface area contributed by atoms with Crippen LogP contribution in [0.4, 0.5) is 4.79 Å². The molecular weight excluding hydrogens is 274 g/mol. The van der Waals surface area contributed by atoms with Crippen molar-refractivity contribution in [1.29, 1.82) is 0 Å². The number of nitrogens with one attached hydrogen (secondary N) is 2. The zero-order valence-corrected chi connectivity index (χ0v) is 12.7. The Morgan fingerprint density at radius 3 is 3.00 bits per heavy atom. The fraction of sp³-hybridized carbons (Fsp3) is 0.714. The number of urea groups is 1. The molecule has 1 aliphatic carbocycles.